The van der Waals surface area contributed by atoms with Gasteiger partial charge in [0.05, 0.1) is 0 Å². The van der Waals surface area contributed by atoms with Crippen molar-refractivity contribution in [1.29, 1.82) is 0 Å². The molecule has 0 aliphatic heterocycles. The fraction of sp³-hybridized carbons (Fsp3) is 0.455. The summed E-state index contributed by atoms with van der Waals surface area (Å²) < 4.78 is 31.2. The Hall–Kier alpha value is -0.817. The second-order valence-corrected chi connectivity index (χ2v) is 14.7. The molecule has 3 rings (SSSR count). The van der Waals surface area contributed by atoms with E-state index >= 15 is 5.25 Å². The van der Waals surface area contributed by atoms with Gasteiger partial charge in [0.25, 0.3) is 0 Å². The standard InChI is InChI=1S/C12H19.C10H9.2FH.Zr/c1-6-7-12-10(4)8(2)9(3)11(12)5;1-8-6-9-4-2-3-5-10(9)7-8;;;/h6-7H2,1-5H3;2-7H,1H3;2*1H;/q;;;;+2/p-2. The molecular weight excluding hydrogens is 393 g/mol. The van der Waals surface area contributed by atoms with Crippen molar-refractivity contribution in [3.63, 3.8) is 0 Å². The number of halogens is 2. The minimum atomic E-state index is -5.65. The van der Waals surface area contributed by atoms with Crippen LogP contribution in [0, 0.1) is 0 Å². The second-order valence-electron chi connectivity index (χ2n) is 7.80. The van der Waals surface area contributed by atoms with Gasteiger partial charge in [0.2, 0.25) is 0 Å². The van der Waals surface area contributed by atoms with E-state index < -0.39 is 28.2 Å². The van der Waals surface area contributed by atoms with Gasteiger partial charge in [-0.1, -0.05) is 0 Å². The fourth-order valence-corrected chi connectivity index (χ4v) is 13.0. The second kappa shape index (κ2) is 6.41. The Morgan fingerprint density at radius 3 is 2.32 bits per heavy atom. The van der Waals surface area contributed by atoms with Gasteiger partial charge in [-0.2, -0.15) is 0 Å². The molecule has 25 heavy (non-hydrogen) atoms. The van der Waals surface area contributed by atoms with Gasteiger partial charge in [0.1, 0.15) is 0 Å². The van der Waals surface area contributed by atoms with E-state index in [9.17, 15) is 0 Å². The SMILES string of the molecule is CCCC1=C(C)C(C)=C(C)[C]1(C)[Zr]([F])([F])[CH]1C(C)=Cc2ccccc21. The average Bonchev–Trinajstić information content (AvgIpc) is 2.99. The number of hydrogen-bond donors (Lipinski definition) is 0. The van der Waals surface area contributed by atoms with Crippen LogP contribution in [0.3, 0.4) is 0 Å². The van der Waals surface area contributed by atoms with Gasteiger partial charge in [-0.05, 0) is 0 Å². The monoisotopic (exact) mass is 420 g/mol. The quantitative estimate of drug-likeness (QED) is 0.467. The van der Waals surface area contributed by atoms with Gasteiger partial charge in [-0.15, -0.1) is 0 Å². The summed E-state index contributed by atoms with van der Waals surface area (Å²) in [6, 6.07) is 7.73. The molecule has 0 heterocycles. The molecule has 0 fully saturated rings. The zero-order chi connectivity index (χ0) is 18.6. The Kier molecular flexibility index (Phi) is 4.86. The van der Waals surface area contributed by atoms with Crippen LogP contribution in [-0.4, -0.2) is 0 Å². The summed E-state index contributed by atoms with van der Waals surface area (Å²) in [6.45, 7) is 11.9. The van der Waals surface area contributed by atoms with Crippen LogP contribution in [0.25, 0.3) is 6.08 Å². The van der Waals surface area contributed by atoms with Gasteiger partial charge in [-0.25, -0.2) is 0 Å². The van der Waals surface area contributed by atoms with Crippen LogP contribution in [0.4, 0.5) is 5.25 Å². The van der Waals surface area contributed by atoms with Crippen LogP contribution in [0.15, 0.2) is 52.1 Å². The third-order valence-electron chi connectivity index (χ3n) is 6.61. The normalized spacial score (nSPS) is 26.4. The zero-order valence-corrected chi connectivity index (χ0v) is 18.6. The van der Waals surface area contributed by atoms with Crippen LogP contribution in [-0.2, 0) is 21.5 Å². The molecule has 0 saturated carbocycles. The van der Waals surface area contributed by atoms with Crippen LogP contribution in [0.1, 0.15) is 69.1 Å². The van der Waals surface area contributed by atoms with Gasteiger partial charge < -0.3 is 0 Å². The van der Waals surface area contributed by atoms with Crippen molar-refractivity contribution in [1.82, 2.24) is 0 Å². The molecule has 0 radical (unpaired) electrons. The predicted octanol–water partition coefficient (Wildman–Crippen LogP) is 7.71. The molecule has 2 unspecified atom stereocenters. The summed E-state index contributed by atoms with van der Waals surface area (Å²) >= 11 is -5.65. The summed E-state index contributed by atoms with van der Waals surface area (Å²) in [6.07, 6.45) is 3.67. The number of fused-ring (bicyclic) bond motifs is 1. The molecule has 0 saturated heterocycles. The van der Waals surface area contributed by atoms with Crippen molar-refractivity contribution < 1.29 is 26.7 Å². The van der Waals surface area contributed by atoms with Crippen LogP contribution in [0.2, 0.25) is 3.12 Å². The number of benzene rings is 1. The Balaban J connectivity index is 2.19. The Labute approximate surface area is 156 Å². The summed E-state index contributed by atoms with van der Waals surface area (Å²) in [7, 11) is 0. The first-order valence-electron chi connectivity index (χ1n) is 9.21. The van der Waals surface area contributed by atoms with E-state index in [1.165, 1.54) is 0 Å². The fourth-order valence-electron chi connectivity index (χ4n) is 4.87. The average molecular weight is 422 g/mol. The van der Waals surface area contributed by atoms with Crippen LogP contribution >= 0.6 is 0 Å². The van der Waals surface area contributed by atoms with Crippen molar-refractivity contribution in [2.24, 2.45) is 0 Å². The van der Waals surface area contributed by atoms with Crippen molar-refractivity contribution in [3.05, 3.63) is 63.3 Å². The van der Waals surface area contributed by atoms with Gasteiger partial charge in [0, 0.05) is 0 Å². The van der Waals surface area contributed by atoms with Crippen LogP contribution < -0.4 is 0 Å². The molecule has 0 nitrogen and oxygen atoms in total. The van der Waals surface area contributed by atoms with Crippen molar-refractivity contribution in [2.75, 3.05) is 0 Å². The topological polar surface area (TPSA) is 0 Å². The summed E-state index contributed by atoms with van der Waals surface area (Å²) in [5.74, 6) is 0. The van der Waals surface area contributed by atoms with E-state index in [-0.39, 0.29) is 0 Å². The molecule has 2 aliphatic carbocycles. The first-order chi connectivity index (χ1) is 11.7. The van der Waals surface area contributed by atoms with E-state index in [2.05, 4.69) is 6.92 Å². The van der Waals surface area contributed by atoms with Crippen molar-refractivity contribution in [2.45, 2.75) is 61.1 Å². The minimum absolute atomic E-state index is 0.643. The first-order valence-corrected chi connectivity index (χ1v) is 13.7. The summed E-state index contributed by atoms with van der Waals surface area (Å²) in [5, 5.41) is 0. The van der Waals surface area contributed by atoms with Gasteiger partial charge >= 0.3 is 157 Å². The maximum atomic E-state index is 16.4. The number of rotatable bonds is 4. The number of allylic oxidation sites excluding steroid dienone is 5. The third kappa shape index (κ3) is 2.53. The molecule has 0 spiro atoms. The summed E-state index contributed by atoms with van der Waals surface area (Å²) in [4.78, 5) is 0. The Morgan fingerprint density at radius 2 is 1.68 bits per heavy atom. The predicted molar refractivity (Wildman–Crippen MR) is 99.4 cm³/mol. The Bertz CT molecular complexity index is 813. The van der Waals surface area contributed by atoms with Gasteiger partial charge in [0.15, 0.2) is 0 Å². The van der Waals surface area contributed by atoms with Crippen molar-refractivity contribution in [3.8, 4) is 0 Å². The molecule has 1 aromatic carbocycles. The molecule has 2 aliphatic rings. The van der Waals surface area contributed by atoms with E-state index in [1.807, 2.05) is 65.0 Å². The molecule has 0 aromatic heterocycles. The zero-order valence-electron chi connectivity index (χ0n) is 16.1. The first kappa shape index (κ1) is 19.0. The molecule has 2 atom stereocenters. The van der Waals surface area contributed by atoms with E-state index in [4.69, 9.17) is 0 Å². The third-order valence-corrected chi connectivity index (χ3v) is 15.2. The molecule has 0 bridgehead atoms. The maximum absolute atomic E-state index is 16.4. The molecular formula is C22H28F2Zr. The molecule has 3 heteroatoms. The summed E-state index contributed by atoms with van der Waals surface area (Å²) in [5.41, 5.74) is 6.84. The Morgan fingerprint density at radius 1 is 1.04 bits per heavy atom. The number of hydrogen-bond acceptors (Lipinski definition) is 0. The van der Waals surface area contributed by atoms with Gasteiger partial charge in [-0.3, -0.25) is 0 Å². The van der Waals surface area contributed by atoms with E-state index in [1.54, 1.807) is 0 Å². The molecule has 0 N–H and O–H groups in total. The van der Waals surface area contributed by atoms with Crippen LogP contribution in [0.5, 0.6) is 0 Å². The van der Waals surface area contributed by atoms with Crippen molar-refractivity contribution >= 4 is 6.08 Å². The molecule has 1 aromatic rings. The van der Waals surface area contributed by atoms with E-state index in [0.717, 1.165) is 51.8 Å². The van der Waals surface area contributed by atoms with E-state index in [0.29, 0.717) is 0 Å². The molecule has 0 amide bonds. The molecule has 134 valence electrons.